The molecular weight excluding hydrogens is 280 g/mol. The molecule has 4 heteroatoms. The number of hydrogen-bond acceptors (Lipinski definition) is 4. The zero-order valence-electron chi connectivity index (χ0n) is 12.7. The number of carbonyl (C=O) groups is 1. The number of phenols is 2. The fourth-order valence-corrected chi connectivity index (χ4v) is 2.44. The van der Waals surface area contributed by atoms with Crippen molar-refractivity contribution in [2.24, 2.45) is 0 Å². The highest BCUT2D eigenvalue weighted by Crippen LogP contribution is 2.35. The minimum atomic E-state index is -0.582. The Morgan fingerprint density at radius 2 is 1.77 bits per heavy atom. The molecule has 22 heavy (non-hydrogen) atoms. The first-order valence-corrected chi connectivity index (χ1v) is 7.33. The van der Waals surface area contributed by atoms with Crippen LogP contribution in [0.15, 0.2) is 36.4 Å². The van der Waals surface area contributed by atoms with Crippen LogP contribution in [0.4, 0.5) is 0 Å². The van der Waals surface area contributed by atoms with Crippen molar-refractivity contribution in [2.75, 3.05) is 6.61 Å². The molecule has 0 aromatic heterocycles. The number of aldehydes is 1. The summed E-state index contributed by atoms with van der Waals surface area (Å²) in [4.78, 5) is 11.5. The number of aryl methyl sites for hydroxylation is 1. The molecule has 0 heterocycles. The van der Waals surface area contributed by atoms with Gasteiger partial charge in [-0.2, -0.15) is 0 Å². The minimum absolute atomic E-state index is 0.0418. The lowest BCUT2D eigenvalue weighted by Gasteiger charge is -2.15. The maximum absolute atomic E-state index is 11.5. The van der Waals surface area contributed by atoms with Crippen molar-refractivity contribution in [3.05, 3.63) is 53.1 Å². The third kappa shape index (κ3) is 3.22. The van der Waals surface area contributed by atoms with E-state index in [1.807, 2.05) is 26.0 Å². The summed E-state index contributed by atoms with van der Waals surface area (Å²) in [7, 11) is 0. The standard InChI is InChI=1S/C18H20O4/c1-3-12-9-15(18(21)10-17(12)20)16(11-19)13-5-7-14(8-6-13)22-4-2/h5-11,16,20-21H,3-4H2,1-2H3. The van der Waals surface area contributed by atoms with E-state index < -0.39 is 5.92 Å². The van der Waals surface area contributed by atoms with Crippen LogP contribution in [-0.4, -0.2) is 23.1 Å². The Hall–Kier alpha value is -2.49. The molecule has 0 saturated carbocycles. The van der Waals surface area contributed by atoms with E-state index in [2.05, 4.69) is 0 Å². The van der Waals surface area contributed by atoms with Crippen LogP contribution in [0.3, 0.4) is 0 Å². The predicted octanol–water partition coefficient (Wildman–Crippen LogP) is 3.39. The fraction of sp³-hybridized carbons (Fsp3) is 0.278. The second-order valence-corrected chi connectivity index (χ2v) is 5.01. The van der Waals surface area contributed by atoms with Gasteiger partial charge in [-0.15, -0.1) is 0 Å². The molecule has 116 valence electrons. The van der Waals surface area contributed by atoms with Gasteiger partial charge in [0.25, 0.3) is 0 Å². The summed E-state index contributed by atoms with van der Waals surface area (Å²) in [6.45, 7) is 4.39. The Morgan fingerprint density at radius 1 is 1.09 bits per heavy atom. The van der Waals surface area contributed by atoms with Crippen molar-refractivity contribution in [2.45, 2.75) is 26.2 Å². The van der Waals surface area contributed by atoms with Crippen LogP contribution >= 0.6 is 0 Å². The minimum Gasteiger partial charge on any atom is -0.508 e. The van der Waals surface area contributed by atoms with E-state index in [-0.39, 0.29) is 11.5 Å². The van der Waals surface area contributed by atoms with E-state index in [4.69, 9.17) is 4.74 Å². The molecule has 4 nitrogen and oxygen atoms in total. The zero-order chi connectivity index (χ0) is 16.1. The molecule has 1 unspecified atom stereocenters. The van der Waals surface area contributed by atoms with Crippen LogP contribution in [0, 0.1) is 0 Å². The lowest BCUT2D eigenvalue weighted by Crippen LogP contribution is -2.04. The van der Waals surface area contributed by atoms with E-state index in [0.717, 1.165) is 17.6 Å². The molecular formula is C18H20O4. The number of carbonyl (C=O) groups excluding carboxylic acids is 1. The number of aromatic hydroxyl groups is 2. The molecule has 2 rings (SSSR count). The molecule has 2 N–H and O–H groups in total. The van der Waals surface area contributed by atoms with Crippen molar-refractivity contribution in [1.82, 2.24) is 0 Å². The second kappa shape index (κ2) is 6.98. The third-order valence-corrected chi connectivity index (χ3v) is 3.63. The van der Waals surface area contributed by atoms with Gasteiger partial charge >= 0.3 is 0 Å². The molecule has 0 radical (unpaired) electrons. The highest BCUT2D eigenvalue weighted by atomic mass is 16.5. The summed E-state index contributed by atoms with van der Waals surface area (Å²) in [6, 6.07) is 10.2. The van der Waals surface area contributed by atoms with E-state index in [1.54, 1.807) is 18.2 Å². The van der Waals surface area contributed by atoms with Gasteiger partial charge in [-0.3, -0.25) is 0 Å². The highest BCUT2D eigenvalue weighted by Gasteiger charge is 2.19. The number of phenolic OH excluding ortho intramolecular Hbond substituents is 2. The summed E-state index contributed by atoms with van der Waals surface area (Å²) in [5.41, 5.74) is 1.96. The van der Waals surface area contributed by atoms with Gasteiger partial charge in [0.1, 0.15) is 23.5 Å². The van der Waals surface area contributed by atoms with Gasteiger partial charge in [-0.25, -0.2) is 0 Å². The van der Waals surface area contributed by atoms with Crippen LogP contribution < -0.4 is 4.74 Å². The van der Waals surface area contributed by atoms with Gasteiger partial charge in [0.15, 0.2) is 0 Å². The molecule has 0 aliphatic heterocycles. The molecule has 1 atom stereocenters. The Labute approximate surface area is 130 Å². The number of ether oxygens (including phenoxy) is 1. The summed E-state index contributed by atoms with van der Waals surface area (Å²) in [5.74, 6) is 0.113. The lowest BCUT2D eigenvalue weighted by atomic mass is 9.90. The van der Waals surface area contributed by atoms with E-state index >= 15 is 0 Å². The number of rotatable bonds is 6. The quantitative estimate of drug-likeness (QED) is 0.802. The van der Waals surface area contributed by atoms with Crippen molar-refractivity contribution in [1.29, 1.82) is 0 Å². The topological polar surface area (TPSA) is 66.8 Å². The lowest BCUT2D eigenvalue weighted by molar-refractivity contribution is -0.108. The van der Waals surface area contributed by atoms with Crippen LogP contribution in [0.2, 0.25) is 0 Å². The van der Waals surface area contributed by atoms with Gasteiger partial charge in [0.05, 0.1) is 12.5 Å². The predicted molar refractivity (Wildman–Crippen MR) is 84.7 cm³/mol. The Morgan fingerprint density at radius 3 is 2.32 bits per heavy atom. The molecule has 0 aliphatic rings. The third-order valence-electron chi connectivity index (χ3n) is 3.63. The van der Waals surface area contributed by atoms with Crippen molar-refractivity contribution < 1.29 is 19.7 Å². The van der Waals surface area contributed by atoms with Crippen molar-refractivity contribution in [3.63, 3.8) is 0 Å². The summed E-state index contributed by atoms with van der Waals surface area (Å²) < 4.78 is 5.39. The molecule has 2 aromatic carbocycles. The maximum atomic E-state index is 11.5. The largest absolute Gasteiger partial charge is 0.508 e. The van der Waals surface area contributed by atoms with Crippen LogP contribution in [-0.2, 0) is 11.2 Å². The summed E-state index contributed by atoms with van der Waals surface area (Å²) in [6.07, 6.45) is 1.41. The first kappa shape index (κ1) is 15.9. The van der Waals surface area contributed by atoms with Crippen LogP contribution in [0.5, 0.6) is 17.2 Å². The molecule has 0 spiro atoms. The van der Waals surface area contributed by atoms with Gasteiger partial charge in [-0.1, -0.05) is 19.1 Å². The van der Waals surface area contributed by atoms with Gasteiger partial charge in [0, 0.05) is 11.6 Å². The maximum Gasteiger partial charge on any atom is 0.131 e. The van der Waals surface area contributed by atoms with Crippen LogP contribution in [0.25, 0.3) is 0 Å². The number of hydrogen-bond donors (Lipinski definition) is 2. The average Bonchev–Trinajstić information content (AvgIpc) is 2.52. The summed E-state index contributed by atoms with van der Waals surface area (Å²) >= 11 is 0. The first-order valence-electron chi connectivity index (χ1n) is 7.33. The zero-order valence-corrected chi connectivity index (χ0v) is 12.7. The van der Waals surface area contributed by atoms with E-state index in [0.29, 0.717) is 24.2 Å². The van der Waals surface area contributed by atoms with Gasteiger partial charge in [0.2, 0.25) is 0 Å². The molecule has 0 amide bonds. The van der Waals surface area contributed by atoms with Gasteiger partial charge in [-0.05, 0) is 42.7 Å². The van der Waals surface area contributed by atoms with Gasteiger partial charge < -0.3 is 19.7 Å². The Balaban J connectivity index is 2.41. The van der Waals surface area contributed by atoms with E-state index in [1.165, 1.54) is 6.07 Å². The van der Waals surface area contributed by atoms with Crippen molar-refractivity contribution in [3.8, 4) is 17.2 Å². The second-order valence-electron chi connectivity index (χ2n) is 5.01. The highest BCUT2D eigenvalue weighted by molar-refractivity contribution is 5.71. The molecule has 2 aromatic rings. The first-order chi connectivity index (χ1) is 10.6. The number of benzene rings is 2. The molecule has 0 bridgehead atoms. The normalized spacial score (nSPS) is 11.9. The Bertz CT molecular complexity index is 647. The van der Waals surface area contributed by atoms with Crippen LogP contribution in [0.1, 0.15) is 36.5 Å². The average molecular weight is 300 g/mol. The molecule has 0 fully saturated rings. The Kier molecular flexibility index (Phi) is 5.04. The van der Waals surface area contributed by atoms with E-state index in [9.17, 15) is 15.0 Å². The molecule has 0 saturated heterocycles. The fourth-order valence-electron chi connectivity index (χ4n) is 2.44. The summed E-state index contributed by atoms with van der Waals surface area (Å²) in [5, 5.41) is 19.8. The smallest absolute Gasteiger partial charge is 0.131 e. The van der Waals surface area contributed by atoms with Crippen molar-refractivity contribution >= 4 is 6.29 Å². The molecule has 0 aliphatic carbocycles. The SMILES string of the molecule is CCOc1ccc(C(C=O)c2cc(CC)c(O)cc2O)cc1. The monoisotopic (exact) mass is 300 g/mol.